The molecule has 4 nitrogen and oxygen atoms in total. The average Bonchev–Trinajstić information content (AvgIpc) is 2.52. The molecule has 21 heavy (non-hydrogen) atoms. The molecular weight excluding hydrogens is 273 g/mol. The second-order valence-electron chi connectivity index (χ2n) is 4.36. The van der Waals surface area contributed by atoms with Gasteiger partial charge in [0, 0.05) is 12.2 Å². The van der Waals surface area contributed by atoms with Gasteiger partial charge in [-0.15, -0.1) is 0 Å². The lowest BCUT2D eigenvalue weighted by Gasteiger charge is -2.11. The van der Waals surface area contributed by atoms with Crippen LogP contribution in [0.5, 0.6) is 5.75 Å². The number of esters is 1. The largest absolute Gasteiger partial charge is 0.494 e. The van der Waals surface area contributed by atoms with Crippen LogP contribution in [0.3, 0.4) is 0 Å². The van der Waals surface area contributed by atoms with E-state index in [9.17, 15) is 9.18 Å². The van der Waals surface area contributed by atoms with Crippen LogP contribution >= 0.6 is 0 Å². The van der Waals surface area contributed by atoms with Gasteiger partial charge in [0.15, 0.2) is 11.6 Å². The van der Waals surface area contributed by atoms with E-state index in [2.05, 4.69) is 5.32 Å². The SMILES string of the molecule is COC(=O)c1ccccc1NCc1ccc(OC)c(F)c1. The number of methoxy groups -OCH3 is 2. The van der Waals surface area contributed by atoms with Gasteiger partial charge in [-0.25, -0.2) is 9.18 Å². The third-order valence-corrected chi connectivity index (χ3v) is 3.03. The van der Waals surface area contributed by atoms with Crippen molar-refractivity contribution in [3.05, 3.63) is 59.4 Å². The quantitative estimate of drug-likeness (QED) is 0.858. The van der Waals surface area contributed by atoms with E-state index in [0.29, 0.717) is 17.8 Å². The number of carbonyl (C=O) groups excluding carboxylic acids is 1. The smallest absolute Gasteiger partial charge is 0.339 e. The second-order valence-corrected chi connectivity index (χ2v) is 4.36. The van der Waals surface area contributed by atoms with Gasteiger partial charge in [0.25, 0.3) is 0 Å². The fourth-order valence-corrected chi connectivity index (χ4v) is 1.94. The van der Waals surface area contributed by atoms with E-state index < -0.39 is 11.8 Å². The zero-order chi connectivity index (χ0) is 15.2. The molecule has 2 aromatic rings. The maximum Gasteiger partial charge on any atom is 0.339 e. The van der Waals surface area contributed by atoms with E-state index in [4.69, 9.17) is 9.47 Å². The summed E-state index contributed by atoms with van der Waals surface area (Å²) in [6, 6.07) is 11.7. The molecule has 1 N–H and O–H groups in total. The average molecular weight is 289 g/mol. The summed E-state index contributed by atoms with van der Waals surface area (Å²) in [6.07, 6.45) is 0. The molecule has 2 rings (SSSR count). The van der Waals surface area contributed by atoms with Crippen molar-refractivity contribution >= 4 is 11.7 Å². The number of ether oxygens (including phenoxy) is 2. The molecule has 0 aliphatic rings. The van der Waals surface area contributed by atoms with Crippen LogP contribution in [0.1, 0.15) is 15.9 Å². The van der Waals surface area contributed by atoms with E-state index in [1.54, 1.807) is 30.3 Å². The number of anilines is 1. The number of nitrogens with one attached hydrogen (secondary N) is 1. The number of benzene rings is 2. The van der Waals surface area contributed by atoms with Gasteiger partial charge in [-0.05, 0) is 29.8 Å². The highest BCUT2D eigenvalue weighted by atomic mass is 19.1. The van der Waals surface area contributed by atoms with Crippen LogP contribution in [0, 0.1) is 5.82 Å². The predicted molar refractivity (Wildman–Crippen MR) is 78.1 cm³/mol. The van der Waals surface area contributed by atoms with E-state index in [0.717, 1.165) is 5.56 Å². The molecule has 0 radical (unpaired) electrons. The summed E-state index contributed by atoms with van der Waals surface area (Å²) in [4.78, 5) is 11.6. The number of para-hydroxylation sites is 1. The molecule has 0 aromatic heterocycles. The molecule has 0 unspecified atom stereocenters. The Bertz CT molecular complexity index is 643. The highest BCUT2D eigenvalue weighted by molar-refractivity contribution is 5.95. The maximum atomic E-state index is 13.6. The zero-order valence-corrected chi connectivity index (χ0v) is 11.9. The zero-order valence-electron chi connectivity index (χ0n) is 11.9. The van der Waals surface area contributed by atoms with Crippen LogP contribution in [0.4, 0.5) is 10.1 Å². The first-order valence-corrected chi connectivity index (χ1v) is 6.39. The molecular formula is C16H16FNO3. The summed E-state index contributed by atoms with van der Waals surface area (Å²) >= 11 is 0. The molecule has 110 valence electrons. The molecule has 0 fully saturated rings. The molecule has 0 heterocycles. The van der Waals surface area contributed by atoms with Crippen LogP contribution in [-0.2, 0) is 11.3 Å². The minimum Gasteiger partial charge on any atom is -0.494 e. The Morgan fingerprint density at radius 3 is 2.62 bits per heavy atom. The van der Waals surface area contributed by atoms with Gasteiger partial charge in [-0.2, -0.15) is 0 Å². The Morgan fingerprint density at radius 2 is 1.95 bits per heavy atom. The Balaban J connectivity index is 2.13. The molecule has 0 aliphatic carbocycles. The molecule has 0 spiro atoms. The topological polar surface area (TPSA) is 47.6 Å². The molecule has 0 aliphatic heterocycles. The second kappa shape index (κ2) is 6.74. The molecule has 0 saturated heterocycles. The monoisotopic (exact) mass is 289 g/mol. The Kier molecular flexibility index (Phi) is 4.77. The van der Waals surface area contributed by atoms with Crippen molar-refractivity contribution in [2.24, 2.45) is 0 Å². The third-order valence-electron chi connectivity index (χ3n) is 3.03. The third kappa shape index (κ3) is 3.51. The van der Waals surface area contributed by atoms with Crippen molar-refractivity contribution in [2.45, 2.75) is 6.54 Å². The van der Waals surface area contributed by atoms with Gasteiger partial charge in [0.1, 0.15) is 0 Å². The van der Waals surface area contributed by atoms with Crippen molar-refractivity contribution in [3.63, 3.8) is 0 Å². The normalized spacial score (nSPS) is 10.0. The fraction of sp³-hybridized carbons (Fsp3) is 0.188. The van der Waals surface area contributed by atoms with Crippen LogP contribution in [0.25, 0.3) is 0 Å². The summed E-state index contributed by atoms with van der Waals surface area (Å²) in [6.45, 7) is 0.384. The number of hydrogen-bond donors (Lipinski definition) is 1. The number of halogens is 1. The van der Waals surface area contributed by atoms with Crippen LogP contribution in [0.2, 0.25) is 0 Å². The molecule has 0 bridgehead atoms. The lowest BCUT2D eigenvalue weighted by atomic mass is 10.1. The molecule has 0 saturated carbocycles. The standard InChI is InChI=1S/C16H16FNO3/c1-20-15-8-7-11(9-13(15)17)10-18-14-6-4-3-5-12(14)16(19)21-2/h3-9,18H,10H2,1-2H3. The first-order chi connectivity index (χ1) is 10.2. The Hall–Kier alpha value is -2.56. The van der Waals surface area contributed by atoms with Crippen molar-refractivity contribution in [2.75, 3.05) is 19.5 Å². The van der Waals surface area contributed by atoms with Gasteiger partial charge in [0.2, 0.25) is 0 Å². The van der Waals surface area contributed by atoms with Crippen LogP contribution in [-0.4, -0.2) is 20.2 Å². The van der Waals surface area contributed by atoms with Gasteiger partial charge < -0.3 is 14.8 Å². The predicted octanol–water partition coefficient (Wildman–Crippen LogP) is 3.23. The molecule has 0 amide bonds. The lowest BCUT2D eigenvalue weighted by molar-refractivity contribution is 0.0602. The summed E-state index contributed by atoms with van der Waals surface area (Å²) in [5, 5.41) is 3.10. The number of carbonyl (C=O) groups is 1. The van der Waals surface area contributed by atoms with Crippen molar-refractivity contribution in [1.82, 2.24) is 0 Å². The summed E-state index contributed by atoms with van der Waals surface area (Å²) in [5.74, 6) is -0.634. The number of hydrogen-bond acceptors (Lipinski definition) is 4. The van der Waals surface area contributed by atoms with Gasteiger partial charge >= 0.3 is 5.97 Å². The van der Waals surface area contributed by atoms with Crippen molar-refractivity contribution < 1.29 is 18.7 Å². The minimum absolute atomic E-state index is 0.203. The van der Waals surface area contributed by atoms with Crippen LogP contribution in [0.15, 0.2) is 42.5 Å². The summed E-state index contributed by atoms with van der Waals surface area (Å²) in [7, 11) is 2.75. The van der Waals surface area contributed by atoms with E-state index >= 15 is 0 Å². The van der Waals surface area contributed by atoms with E-state index in [-0.39, 0.29) is 5.75 Å². The molecule has 0 atom stereocenters. The Labute approximate surface area is 122 Å². The van der Waals surface area contributed by atoms with Gasteiger partial charge in [0.05, 0.1) is 19.8 Å². The fourth-order valence-electron chi connectivity index (χ4n) is 1.94. The van der Waals surface area contributed by atoms with Gasteiger partial charge in [-0.3, -0.25) is 0 Å². The van der Waals surface area contributed by atoms with Crippen molar-refractivity contribution in [1.29, 1.82) is 0 Å². The maximum absolute atomic E-state index is 13.6. The first-order valence-electron chi connectivity index (χ1n) is 6.39. The molecule has 2 aromatic carbocycles. The van der Waals surface area contributed by atoms with Crippen LogP contribution < -0.4 is 10.1 Å². The van der Waals surface area contributed by atoms with Crippen molar-refractivity contribution in [3.8, 4) is 5.75 Å². The highest BCUT2D eigenvalue weighted by Gasteiger charge is 2.11. The Morgan fingerprint density at radius 1 is 1.19 bits per heavy atom. The first kappa shape index (κ1) is 14.8. The highest BCUT2D eigenvalue weighted by Crippen LogP contribution is 2.20. The number of rotatable bonds is 5. The van der Waals surface area contributed by atoms with Gasteiger partial charge in [-0.1, -0.05) is 18.2 Å². The van der Waals surface area contributed by atoms with E-state index in [1.807, 2.05) is 6.07 Å². The lowest BCUT2D eigenvalue weighted by Crippen LogP contribution is -2.08. The summed E-state index contributed by atoms with van der Waals surface area (Å²) in [5.41, 5.74) is 1.82. The minimum atomic E-state index is -0.418. The molecule has 5 heteroatoms. The summed E-state index contributed by atoms with van der Waals surface area (Å²) < 4.78 is 23.2. The van der Waals surface area contributed by atoms with E-state index in [1.165, 1.54) is 20.3 Å².